The molecule has 1 rings (SSSR count). The average molecular weight is 284 g/mol. The van der Waals surface area contributed by atoms with E-state index in [9.17, 15) is 0 Å². The van der Waals surface area contributed by atoms with Gasteiger partial charge < -0.3 is 15.1 Å². The van der Waals surface area contributed by atoms with Gasteiger partial charge in [0.25, 0.3) is 0 Å². The molecular weight excluding hydrogens is 246 g/mol. The lowest BCUT2D eigenvalue weighted by atomic mass is 9.91. The van der Waals surface area contributed by atoms with Gasteiger partial charge in [-0.05, 0) is 66.5 Å². The molecule has 2 atom stereocenters. The van der Waals surface area contributed by atoms with Crippen LogP contribution in [0.15, 0.2) is 0 Å². The Bertz CT molecular complexity index is 228. The van der Waals surface area contributed by atoms with Gasteiger partial charge in [-0.15, -0.1) is 0 Å². The fourth-order valence-corrected chi connectivity index (χ4v) is 3.36. The zero-order valence-corrected chi connectivity index (χ0v) is 14.3. The number of nitrogens with one attached hydrogen (secondary N) is 1. The van der Waals surface area contributed by atoms with E-state index in [0.717, 1.165) is 6.04 Å². The molecule has 3 nitrogen and oxygen atoms in total. The summed E-state index contributed by atoms with van der Waals surface area (Å²) >= 11 is 0. The molecule has 0 aromatic carbocycles. The van der Waals surface area contributed by atoms with Crippen molar-refractivity contribution in [3.05, 3.63) is 0 Å². The molecule has 0 aromatic heterocycles. The van der Waals surface area contributed by atoms with E-state index in [0.29, 0.717) is 6.04 Å². The summed E-state index contributed by atoms with van der Waals surface area (Å²) in [5.41, 5.74) is 0. The van der Waals surface area contributed by atoms with Crippen LogP contribution in [0.3, 0.4) is 0 Å². The molecule has 0 aliphatic heterocycles. The fourth-order valence-electron chi connectivity index (χ4n) is 3.36. The molecule has 3 heteroatoms. The highest BCUT2D eigenvalue weighted by molar-refractivity contribution is 4.85. The molecule has 1 aliphatic carbocycles. The summed E-state index contributed by atoms with van der Waals surface area (Å²) in [6.07, 6.45) is 10.9. The topological polar surface area (TPSA) is 18.5 Å². The molecule has 0 aromatic rings. The molecule has 1 fully saturated rings. The second kappa shape index (κ2) is 10.6. The van der Waals surface area contributed by atoms with Crippen molar-refractivity contribution in [2.45, 2.75) is 70.4 Å². The zero-order chi connectivity index (χ0) is 14.8. The molecule has 1 N–H and O–H groups in total. The minimum Gasteiger partial charge on any atom is -0.312 e. The van der Waals surface area contributed by atoms with Crippen molar-refractivity contribution in [3.63, 3.8) is 0 Å². The van der Waals surface area contributed by atoms with Crippen molar-refractivity contribution in [1.82, 2.24) is 15.1 Å². The molecule has 0 spiro atoms. The van der Waals surface area contributed by atoms with Crippen LogP contribution in [0.4, 0.5) is 0 Å². The SMILES string of the molecule is CCCNC1CCCCCCC1N(C)CCCN(C)C. The maximum atomic E-state index is 3.82. The van der Waals surface area contributed by atoms with Crippen LogP contribution in [0, 0.1) is 0 Å². The van der Waals surface area contributed by atoms with Gasteiger partial charge in [0.1, 0.15) is 0 Å². The van der Waals surface area contributed by atoms with E-state index in [-0.39, 0.29) is 0 Å². The lowest BCUT2D eigenvalue weighted by molar-refractivity contribution is 0.157. The summed E-state index contributed by atoms with van der Waals surface area (Å²) in [6, 6.07) is 1.45. The quantitative estimate of drug-likeness (QED) is 0.739. The molecule has 0 radical (unpaired) electrons. The Morgan fingerprint density at radius 3 is 2.30 bits per heavy atom. The molecule has 0 bridgehead atoms. The van der Waals surface area contributed by atoms with Gasteiger partial charge in [-0.2, -0.15) is 0 Å². The number of rotatable bonds is 8. The van der Waals surface area contributed by atoms with Gasteiger partial charge in [-0.3, -0.25) is 0 Å². The van der Waals surface area contributed by atoms with Gasteiger partial charge in [-0.1, -0.05) is 32.6 Å². The summed E-state index contributed by atoms with van der Waals surface area (Å²) in [5.74, 6) is 0. The van der Waals surface area contributed by atoms with Crippen molar-refractivity contribution in [2.75, 3.05) is 40.8 Å². The predicted octanol–water partition coefficient (Wildman–Crippen LogP) is 2.96. The zero-order valence-electron chi connectivity index (χ0n) is 14.3. The smallest absolute Gasteiger partial charge is 0.0246 e. The third-order valence-corrected chi connectivity index (χ3v) is 4.57. The van der Waals surface area contributed by atoms with Crippen LogP contribution in [0.25, 0.3) is 0 Å². The lowest BCUT2D eigenvalue weighted by Gasteiger charge is -2.37. The summed E-state index contributed by atoms with van der Waals surface area (Å²) < 4.78 is 0. The Labute approximate surface area is 127 Å². The van der Waals surface area contributed by atoms with E-state index in [4.69, 9.17) is 0 Å². The Kier molecular flexibility index (Phi) is 9.49. The third kappa shape index (κ3) is 7.05. The molecule has 2 unspecified atom stereocenters. The Balaban J connectivity index is 2.47. The molecule has 1 aliphatic rings. The average Bonchev–Trinajstić information content (AvgIpc) is 2.37. The molecule has 120 valence electrons. The Morgan fingerprint density at radius 2 is 1.65 bits per heavy atom. The highest BCUT2D eigenvalue weighted by Gasteiger charge is 2.25. The van der Waals surface area contributed by atoms with Gasteiger partial charge in [0, 0.05) is 12.1 Å². The van der Waals surface area contributed by atoms with Crippen LogP contribution < -0.4 is 5.32 Å². The maximum absolute atomic E-state index is 3.82. The van der Waals surface area contributed by atoms with Gasteiger partial charge in [0.05, 0.1) is 0 Å². The third-order valence-electron chi connectivity index (χ3n) is 4.57. The minimum absolute atomic E-state index is 0.708. The number of hydrogen-bond donors (Lipinski definition) is 1. The van der Waals surface area contributed by atoms with Crippen molar-refractivity contribution in [3.8, 4) is 0 Å². The molecule has 0 heterocycles. The van der Waals surface area contributed by atoms with Crippen LogP contribution in [0.5, 0.6) is 0 Å². The van der Waals surface area contributed by atoms with E-state index >= 15 is 0 Å². The van der Waals surface area contributed by atoms with E-state index in [1.165, 1.54) is 71.0 Å². The summed E-state index contributed by atoms with van der Waals surface area (Å²) in [4.78, 5) is 4.92. The lowest BCUT2D eigenvalue weighted by Crippen LogP contribution is -2.49. The van der Waals surface area contributed by atoms with Crippen molar-refractivity contribution < 1.29 is 0 Å². The second-order valence-corrected chi connectivity index (χ2v) is 6.76. The van der Waals surface area contributed by atoms with Gasteiger partial charge in [0.15, 0.2) is 0 Å². The highest BCUT2D eigenvalue weighted by atomic mass is 15.2. The molecule has 0 amide bonds. The van der Waals surface area contributed by atoms with E-state index < -0.39 is 0 Å². The van der Waals surface area contributed by atoms with E-state index in [2.05, 4.69) is 43.2 Å². The Morgan fingerprint density at radius 1 is 0.950 bits per heavy atom. The van der Waals surface area contributed by atoms with Crippen molar-refractivity contribution in [1.29, 1.82) is 0 Å². The van der Waals surface area contributed by atoms with Gasteiger partial charge in [-0.25, -0.2) is 0 Å². The highest BCUT2D eigenvalue weighted by Crippen LogP contribution is 2.21. The predicted molar refractivity (Wildman–Crippen MR) is 89.4 cm³/mol. The van der Waals surface area contributed by atoms with Crippen LogP contribution in [-0.2, 0) is 0 Å². The van der Waals surface area contributed by atoms with Crippen LogP contribution in [0.2, 0.25) is 0 Å². The first-order chi connectivity index (χ1) is 9.65. The summed E-state index contributed by atoms with van der Waals surface area (Å²) in [6.45, 7) is 5.87. The van der Waals surface area contributed by atoms with Crippen LogP contribution in [-0.4, -0.2) is 62.7 Å². The monoisotopic (exact) mass is 283 g/mol. The first kappa shape index (κ1) is 17.9. The molecular formula is C17H37N3. The standard InChI is InChI=1S/C17H37N3/c1-5-13-18-16-11-8-6-7-9-12-17(16)20(4)15-10-14-19(2)3/h16-18H,5-15H2,1-4H3. The fraction of sp³-hybridized carbons (Fsp3) is 1.00. The summed E-state index contributed by atoms with van der Waals surface area (Å²) in [7, 11) is 6.67. The molecule has 0 saturated heterocycles. The Hall–Kier alpha value is -0.120. The van der Waals surface area contributed by atoms with E-state index in [1.807, 2.05) is 0 Å². The largest absolute Gasteiger partial charge is 0.312 e. The van der Waals surface area contributed by atoms with Gasteiger partial charge >= 0.3 is 0 Å². The maximum Gasteiger partial charge on any atom is 0.0246 e. The minimum atomic E-state index is 0.708. The van der Waals surface area contributed by atoms with E-state index in [1.54, 1.807) is 0 Å². The van der Waals surface area contributed by atoms with Gasteiger partial charge in [0.2, 0.25) is 0 Å². The normalized spacial score (nSPS) is 24.9. The van der Waals surface area contributed by atoms with Crippen molar-refractivity contribution in [2.24, 2.45) is 0 Å². The molecule has 1 saturated carbocycles. The molecule has 20 heavy (non-hydrogen) atoms. The first-order valence-corrected chi connectivity index (χ1v) is 8.73. The second-order valence-electron chi connectivity index (χ2n) is 6.76. The van der Waals surface area contributed by atoms with Crippen LogP contribution >= 0.6 is 0 Å². The number of hydrogen-bond acceptors (Lipinski definition) is 3. The van der Waals surface area contributed by atoms with Crippen molar-refractivity contribution >= 4 is 0 Å². The number of likely N-dealkylation sites (N-methyl/N-ethyl adjacent to an activating group) is 1. The summed E-state index contributed by atoms with van der Waals surface area (Å²) in [5, 5.41) is 3.82. The first-order valence-electron chi connectivity index (χ1n) is 8.73. The van der Waals surface area contributed by atoms with Crippen LogP contribution in [0.1, 0.15) is 58.3 Å². The number of nitrogens with zero attached hydrogens (tertiary/aromatic N) is 2.